The molecule has 0 saturated heterocycles. The minimum absolute atomic E-state index is 0.265. The molecule has 0 heterocycles. The fourth-order valence-electron chi connectivity index (χ4n) is 2.75. The van der Waals surface area contributed by atoms with E-state index in [1.165, 1.54) is 31.2 Å². The number of ether oxygens (including phenoxy) is 1. The standard InChI is InChI=1S/C15H29F3N4O/c1-19-13(20-8-9-22(2)12-15(16,17)18)21-11-14(5-4-6-14)7-10-23-3/h4-12H2,1-3H3,(H2,19,20,21). The van der Waals surface area contributed by atoms with Crippen molar-refractivity contribution in [3.05, 3.63) is 0 Å². The van der Waals surface area contributed by atoms with Crippen molar-refractivity contribution in [3.63, 3.8) is 0 Å². The lowest BCUT2D eigenvalue weighted by Crippen LogP contribution is -2.48. The molecule has 0 atom stereocenters. The number of nitrogens with one attached hydrogen (secondary N) is 2. The number of halogens is 3. The number of guanidine groups is 1. The van der Waals surface area contributed by atoms with E-state index >= 15 is 0 Å². The lowest BCUT2D eigenvalue weighted by molar-refractivity contribution is -0.142. The van der Waals surface area contributed by atoms with Crippen LogP contribution in [-0.4, -0.2) is 71.0 Å². The number of rotatable bonds is 9. The van der Waals surface area contributed by atoms with Gasteiger partial charge in [0.15, 0.2) is 5.96 Å². The molecule has 1 aliphatic rings. The quantitative estimate of drug-likeness (QED) is 0.498. The molecule has 0 unspecified atom stereocenters. The first-order valence-corrected chi connectivity index (χ1v) is 7.99. The number of nitrogens with zero attached hydrogens (tertiary/aromatic N) is 2. The van der Waals surface area contributed by atoms with Gasteiger partial charge in [0.1, 0.15) is 0 Å². The van der Waals surface area contributed by atoms with Crippen molar-refractivity contribution in [3.8, 4) is 0 Å². The Morgan fingerprint density at radius 2 is 2.00 bits per heavy atom. The largest absolute Gasteiger partial charge is 0.401 e. The Labute approximate surface area is 136 Å². The summed E-state index contributed by atoms with van der Waals surface area (Å²) >= 11 is 0. The molecule has 0 amide bonds. The van der Waals surface area contributed by atoms with Crippen LogP contribution >= 0.6 is 0 Å². The van der Waals surface area contributed by atoms with E-state index in [9.17, 15) is 13.2 Å². The lowest BCUT2D eigenvalue weighted by Gasteiger charge is -2.42. The van der Waals surface area contributed by atoms with Gasteiger partial charge in [-0.05, 0) is 31.7 Å². The van der Waals surface area contributed by atoms with Crippen LogP contribution in [0.3, 0.4) is 0 Å². The molecule has 136 valence electrons. The molecule has 0 spiro atoms. The van der Waals surface area contributed by atoms with E-state index < -0.39 is 12.7 Å². The highest BCUT2D eigenvalue weighted by atomic mass is 19.4. The van der Waals surface area contributed by atoms with Crippen molar-refractivity contribution in [2.24, 2.45) is 10.4 Å². The summed E-state index contributed by atoms with van der Waals surface area (Å²) in [5.41, 5.74) is 0.265. The van der Waals surface area contributed by atoms with Gasteiger partial charge in [0.05, 0.1) is 6.54 Å². The highest BCUT2D eigenvalue weighted by Crippen LogP contribution is 2.43. The van der Waals surface area contributed by atoms with Gasteiger partial charge in [-0.3, -0.25) is 9.89 Å². The van der Waals surface area contributed by atoms with Gasteiger partial charge in [0.2, 0.25) is 0 Å². The van der Waals surface area contributed by atoms with E-state index in [1.807, 2.05) is 0 Å². The normalized spacial score (nSPS) is 18.0. The highest BCUT2D eigenvalue weighted by molar-refractivity contribution is 5.79. The second-order valence-corrected chi connectivity index (χ2v) is 6.30. The van der Waals surface area contributed by atoms with Gasteiger partial charge in [-0.1, -0.05) is 6.42 Å². The Morgan fingerprint density at radius 3 is 2.48 bits per heavy atom. The number of aliphatic imine (C=N–C) groups is 1. The number of hydrogen-bond donors (Lipinski definition) is 2. The van der Waals surface area contributed by atoms with Gasteiger partial charge in [0.25, 0.3) is 0 Å². The second kappa shape index (κ2) is 9.32. The van der Waals surface area contributed by atoms with Gasteiger partial charge in [-0.15, -0.1) is 0 Å². The van der Waals surface area contributed by atoms with Crippen molar-refractivity contribution in [1.29, 1.82) is 0 Å². The summed E-state index contributed by atoms with van der Waals surface area (Å²) in [6.45, 7) is 1.37. The number of likely N-dealkylation sites (N-methyl/N-ethyl adjacent to an activating group) is 1. The maximum absolute atomic E-state index is 12.2. The first-order valence-electron chi connectivity index (χ1n) is 7.99. The summed E-state index contributed by atoms with van der Waals surface area (Å²) < 4.78 is 41.9. The minimum Gasteiger partial charge on any atom is -0.385 e. The Balaban J connectivity index is 2.27. The van der Waals surface area contributed by atoms with Gasteiger partial charge in [-0.25, -0.2) is 0 Å². The van der Waals surface area contributed by atoms with Gasteiger partial charge in [0, 0.05) is 40.4 Å². The Hall–Kier alpha value is -1.02. The van der Waals surface area contributed by atoms with E-state index in [0.29, 0.717) is 19.0 Å². The number of hydrogen-bond acceptors (Lipinski definition) is 3. The van der Waals surface area contributed by atoms with Crippen molar-refractivity contribution >= 4 is 5.96 Å². The maximum atomic E-state index is 12.2. The van der Waals surface area contributed by atoms with E-state index in [4.69, 9.17) is 4.74 Å². The summed E-state index contributed by atoms with van der Waals surface area (Å²) in [6, 6.07) is 0. The average molecular weight is 338 g/mol. The minimum atomic E-state index is -4.16. The Kier molecular flexibility index (Phi) is 8.11. The molecular formula is C15H29F3N4O. The molecule has 1 fully saturated rings. The Morgan fingerprint density at radius 1 is 1.30 bits per heavy atom. The predicted molar refractivity (Wildman–Crippen MR) is 85.7 cm³/mol. The molecule has 1 saturated carbocycles. The molecule has 0 bridgehead atoms. The molecular weight excluding hydrogens is 309 g/mol. The lowest BCUT2D eigenvalue weighted by atomic mass is 9.67. The molecule has 0 aromatic rings. The van der Waals surface area contributed by atoms with Crippen LogP contribution in [0, 0.1) is 5.41 Å². The summed E-state index contributed by atoms with van der Waals surface area (Å²) in [7, 11) is 4.83. The maximum Gasteiger partial charge on any atom is 0.401 e. The summed E-state index contributed by atoms with van der Waals surface area (Å²) in [5, 5.41) is 6.35. The number of methoxy groups -OCH3 is 1. The zero-order valence-corrected chi connectivity index (χ0v) is 14.3. The third kappa shape index (κ3) is 7.87. The molecule has 1 rings (SSSR count). The zero-order chi connectivity index (χ0) is 17.3. The molecule has 8 heteroatoms. The van der Waals surface area contributed by atoms with Crippen LogP contribution in [0.5, 0.6) is 0 Å². The van der Waals surface area contributed by atoms with E-state index in [1.54, 1.807) is 14.2 Å². The molecule has 5 nitrogen and oxygen atoms in total. The first-order chi connectivity index (χ1) is 10.8. The predicted octanol–water partition coefficient (Wildman–Crippen LogP) is 1.85. The zero-order valence-electron chi connectivity index (χ0n) is 14.3. The molecule has 2 N–H and O–H groups in total. The molecule has 0 aromatic heterocycles. The van der Waals surface area contributed by atoms with Crippen LogP contribution in [0.15, 0.2) is 4.99 Å². The summed E-state index contributed by atoms with van der Waals surface area (Å²) in [5.74, 6) is 0.633. The fraction of sp³-hybridized carbons (Fsp3) is 0.933. The fourth-order valence-corrected chi connectivity index (χ4v) is 2.75. The van der Waals surface area contributed by atoms with Crippen LogP contribution in [-0.2, 0) is 4.74 Å². The third-order valence-corrected chi connectivity index (χ3v) is 4.34. The van der Waals surface area contributed by atoms with Crippen molar-refractivity contribution in [2.75, 3.05) is 54.0 Å². The van der Waals surface area contributed by atoms with Crippen molar-refractivity contribution in [2.45, 2.75) is 31.9 Å². The first kappa shape index (κ1) is 20.0. The molecule has 0 radical (unpaired) electrons. The monoisotopic (exact) mass is 338 g/mol. The van der Waals surface area contributed by atoms with E-state index in [0.717, 1.165) is 19.6 Å². The van der Waals surface area contributed by atoms with Crippen LogP contribution in [0.25, 0.3) is 0 Å². The summed E-state index contributed by atoms with van der Waals surface area (Å²) in [4.78, 5) is 5.37. The van der Waals surface area contributed by atoms with Gasteiger partial charge < -0.3 is 15.4 Å². The van der Waals surface area contributed by atoms with Crippen LogP contribution in [0.1, 0.15) is 25.7 Å². The van der Waals surface area contributed by atoms with Crippen LogP contribution < -0.4 is 10.6 Å². The van der Waals surface area contributed by atoms with E-state index in [2.05, 4.69) is 15.6 Å². The van der Waals surface area contributed by atoms with Crippen LogP contribution in [0.4, 0.5) is 13.2 Å². The second-order valence-electron chi connectivity index (χ2n) is 6.30. The highest BCUT2D eigenvalue weighted by Gasteiger charge is 2.36. The topological polar surface area (TPSA) is 48.9 Å². The molecule has 0 aromatic carbocycles. The molecule has 23 heavy (non-hydrogen) atoms. The smallest absolute Gasteiger partial charge is 0.385 e. The van der Waals surface area contributed by atoms with Gasteiger partial charge >= 0.3 is 6.18 Å². The van der Waals surface area contributed by atoms with Crippen molar-refractivity contribution in [1.82, 2.24) is 15.5 Å². The van der Waals surface area contributed by atoms with Crippen molar-refractivity contribution < 1.29 is 17.9 Å². The molecule has 0 aliphatic heterocycles. The SMILES string of the molecule is CN=C(NCCN(C)CC(F)(F)F)NCC1(CCOC)CCC1. The Bertz CT molecular complexity index is 370. The summed E-state index contributed by atoms with van der Waals surface area (Å²) in [6.07, 6.45) is 0.442. The average Bonchev–Trinajstić information content (AvgIpc) is 2.41. The number of alkyl halides is 3. The molecule has 1 aliphatic carbocycles. The van der Waals surface area contributed by atoms with Crippen LogP contribution in [0.2, 0.25) is 0 Å². The van der Waals surface area contributed by atoms with Gasteiger partial charge in [-0.2, -0.15) is 13.2 Å². The third-order valence-electron chi connectivity index (χ3n) is 4.34. The van der Waals surface area contributed by atoms with E-state index in [-0.39, 0.29) is 5.41 Å².